The molecule has 0 unspecified atom stereocenters. The van der Waals surface area contributed by atoms with Gasteiger partial charge in [-0.15, -0.1) is 0 Å². The molecule has 0 aliphatic heterocycles. The Morgan fingerprint density at radius 3 is 2.35 bits per heavy atom. The Kier molecular flexibility index (Phi) is 4.94. The van der Waals surface area contributed by atoms with Crippen LogP contribution in [-0.4, -0.2) is 39.4 Å². The van der Waals surface area contributed by atoms with Crippen LogP contribution in [0.1, 0.15) is 32.1 Å². The molecule has 1 amide bonds. The Labute approximate surface area is 103 Å². The molecule has 0 heterocycles. The maximum Gasteiger partial charge on any atom is 0.227 e. The van der Waals surface area contributed by atoms with Crippen molar-refractivity contribution >= 4 is 15.7 Å². The molecule has 6 heteroatoms. The van der Waals surface area contributed by atoms with Gasteiger partial charge in [-0.1, -0.05) is 19.3 Å². The number of carbonyl (C=O) groups is 1. The summed E-state index contributed by atoms with van der Waals surface area (Å²) in [7, 11) is -3.02. The van der Waals surface area contributed by atoms with Gasteiger partial charge < -0.3 is 11.1 Å². The summed E-state index contributed by atoms with van der Waals surface area (Å²) in [5.74, 6) is -0.0947. The number of sulfone groups is 1. The molecule has 1 saturated carbocycles. The van der Waals surface area contributed by atoms with E-state index in [2.05, 4.69) is 5.32 Å². The van der Waals surface area contributed by atoms with Gasteiger partial charge in [0.05, 0.1) is 11.2 Å². The van der Waals surface area contributed by atoms with Crippen molar-refractivity contribution in [1.82, 2.24) is 5.32 Å². The Morgan fingerprint density at radius 2 is 1.88 bits per heavy atom. The molecule has 17 heavy (non-hydrogen) atoms. The minimum atomic E-state index is -3.02. The van der Waals surface area contributed by atoms with Crippen LogP contribution in [0.25, 0.3) is 0 Å². The van der Waals surface area contributed by atoms with Gasteiger partial charge >= 0.3 is 0 Å². The van der Waals surface area contributed by atoms with E-state index in [1.54, 1.807) is 0 Å². The number of carbonyl (C=O) groups excluding carboxylic acids is 1. The summed E-state index contributed by atoms with van der Waals surface area (Å²) in [5, 5.41) is 2.70. The number of nitrogens with two attached hydrogens (primary N) is 1. The lowest BCUT2D eigenvalue weighted by molar-refractivity contribution is -0.132. The van der Waals surface area contributed by atoms with E-state index in [9.17, 15) is 13.2 Å². The van der Waals surface area contributed by atoms with Gasteiger partial charge in [-0.05, 0) is 12.8 Å². The van der Waals surface area contributed by atoms with Crippen molar-refractivity contribution < 1.29 is 13.2 Å². The molecule has 0 bridgehead atoms. The Morgan fingerprint density at radius 1 is 1.29 bits per heavy atom. The first-order valence-corrected chi connectivity index (χ1v) is 8.12. The van der Waals surface area contributed by atoms with Gasteiger partial charge in [0.2, 0.25) is 5.91 Å². The molecule has 100 valence electrons. The molecule has 0 radical (unpaired) electrons. The second kappa shape index (κ2) is 5.82. The molecule has 0 saturated heterocycles. The Hall–Kier alpha value is -0.620. The lowest BCUT2D eigenvalue weighted by Crippen LogP contribution is -2.48. The number of hydrogen-bond donors (Lipinski definition) is 2. The van der Waals surface area contributed by atoms with Crippen LogP contribution in [0.3, 0.4) is 0 Å². The molecule has 1 aliphatic rings. The average molecular weight is 262 g/mol. The third-order valence-corrected chi connectivity index (χ3v) is 4.39. The predicted octanol–water partition coefficient (Wildman–Crippen LogP) is 0.0564. The van der Waals surface area contributed by atoms with Gasteiger partial charge in [0.1, 0.15) is 9.84 Å². The van der Waals surface area contributed by atoms with Crippen molar-refractivity contribution in [2.75, 3.05) is 25.1 Å². The number of hydrogen-bond acceptors (Lipinski definition) is 4. The largest absolute Gasteiger partial charge is 0.355 e. The third-order valence-electron chi connectivity index (χ3n) is 3.44. The summed E-state index contributed by atoms with van der Waals surface area (Å²) >= 11 is 0. The highest BCUT2D eigenvalue weighted by molar-refractivity contribution is 7.90. The predicted molar refractivity (Wildman–Crippen MR) is 67.3 cm³/mol. The van der Waals surface area contributed by atoms with Crippen molar-refractivity contribution in [2.45, 2.75) is 32.1 Å². The molecular formula is C11H22N2O3S. The first-order valence-electron chi connectivity index (χ1n) is 6.06. The number of amides is 1. The molecule has 0 atom stereocenters. The van der Waals surface area contributed by atoms with Gasteiger partial charge in [0.15, 0.2) is 0 Å². The minimum absolute atomic E-state index is 0.0145. The highest BCUT2D eigenvalue weighted by Crippen LogP contribution is 2.35. The molecule has 1 fully saturated rings. The van der Waals surface area contributed by atoms with E-state index < -0.39 is 15.3 Å². The van der Waals surface area contributed by atoms with E-state index in [0.29, 0.717) is 6.54 Å². The molecular weight excluding hydrogens is 240 g/mol. The summed E-state index contributed by atoms with van der Waals surface area (Å²) in [5.41, 5.74) is 5.26. The van der Waals surface area contributed by atoms with Crippen molar-refractivity contribution in [2.24, 2.45) is 11.1 Å². The van der Waals surface area contributed by atoms with E-state index in [0.717, 1.165) is 32.1 Å². The summed E-state index contributed by atoms with van der Waals surface area (Å²) in [4.78, 5) is 12.1. The van der Waals surface area contributed by atoms with E-state index in [-0.39, 0.29) is 18.2 Å². The topological polar surface area (TPSA) is 89.3 Å². The van der Waals surface area contributed by atoms with Crippen molar-refractivity contribution in [3.63, 3.8) is 0 Å². The summed E-state index contributed by atoms with van der Waals surface area (Å²) < 4.78 is 21.9. The molecule has 1 aliphatic carbocycles. The van der Waals surface area contributed by atoms with Crippen molar-refractivity contribution in [1.29, 1.82) is 0 Å². The fourth-order valence-corrected chi connectivity index (χ4v) is 2.76. The van der Waals surface area contributed by atoms with Crippen LogP contribution >= 0.6 is 0 Å². The second-order valence-corrected chi connectivity index (χ2v) is 7.19. The molecule has 3 N–H and O–H groups in total. The van der Waals surface area contributed by atoms with E-state index in [1.807, 2.05) is 0 Å². The molecule has 5 nitrogen and oxygen atoms in total. The van der Waals surface area contributed by atoms with Crippen LogP contribution in [0.2, 0.25) is 0 Å². The number of rotatable bonds is 5. The fourth-order valence-electron chi connectivity index (χ4n) is 2.29. The third kappa shape index (κ3) is 4.27. The fraction of sp³-hybridized carbons (Fsp3) is 0.909. The summed E-state index contributed by atoms with van der Waals surface area (Å²) in [6.45, 7) is 0.525. The van der Waals surface area contributed by atoms with Gasteiger partial charge in [0.25, 0.3) is 0 Å². The van der Waals surface area contributed by atoms with Crippen LogP contribution in [0.4, 0.5) is 0 Å². The molecule has 0 spiro atoms. The standard InChI is InChI=1S/C11H22N2O3S/c1-17(15,16)8-7-13-10(14)11(9-12)5-3-2-4-6-11/h2-9,12H2,1H3,(H,13,14). The van der Waals surface area contributed by atoms with Crippen LogP contribution in [0.5, 0.6) is 0 Å². The van der Waals surface area contributed by atoms with E-state index in [4.69, 9.17) is 5.73 Å². The average Bonchev–Trinajstić information content (AvgIpc) is 2.28. The molecule has 1 rings (SSSR count). The zero-order valence-electron chi connectivity index (χ0n) is 10.4. The quantitative estimate of drug-likeness (QED) is 0.733. The SMILES string of the molecule is CS(=O)(=O)CCNC(=O)C1(CN)CCCCC1. The van der Waals surface area contributed by atoms with Crippen molar-refractivity contribution in [3.05, 3.63) is 0 Å². The van der Waals surface area contributed by atoms with Gasteiger partial charge in [0, 0.05) is 19.3 Å². The zero-order valence-corrected chi connectivity index (χ0v) is 11.2. The van der Waals surface area contributed by atoms with Gasteiger partial charge in [-0.2, -0.15) is 0 Å². The van der Waals surface area contributed by atoms with E-state index >= 15 is 0 Å². The van der Waals surface area contributed by atoms with Gasteiger partial charge in [-0.3, -0.25) is 4.79 Å². The molecule has 0 aromatic heterocycles. The monoisotopic (exact) mass is 262 g/mol. The zero-order chi connectivity index (χ0) is 12.9. The Bertz CT molecular complexity index is 359. The smallest absolute Gasteiger partial charge is 0.227 e. The molecule has 0 aromatic carbocycles. The highest BCUT2D eigenvalue weighted by atomic mass is 32.2. The first kappa shape index (κ1) is 14.4. The van der Waals surface area contributed by atoms with Crippen LogP contribution in [-0.2, 0) is 14.6 Å². The first-order chi connectivity index (χ1) is 7.90. The maximum atomic E-state index is 12.1. The van der Waals surface area contributed by atoms with Gasteiger partial charge in [-0.25, -0.2) is 8.42 Å². The van der Waals surface area contributed by atoms with Crippen molar-refractivity contribution in [3.8, 4) is 0 Å². The maximum absolute atomic E-state index is 12.1. The molecule has 0 aromatic rings. The Balaban J connectivity index is 2.49. The number of nitrogens with one attached hydrogen (secondary N) is 1. The van der Waals surface area contributed by atoms with E-state index in [1.165, 1.54) is 6.26 Å². The van der Waals surface area contributed by atoms with Crippen LogP contribution < -0.4 is 11.1 Å². The normalized spacial score (nSPS) is 19.9. The van der Waals surface area contributed by atoms with Crippen LogP contribution in [0.15, 0.2) is 0 Å². The highest BCUT2D eigenvalue weighted by Gasteiger charge is 2.37. The van der Waals surface area contributed by atoms with Crippen LogP contribution in [0, 0.1) is 5.41 Å². The lowest BCUT2D eigenvalue weighted by Gasteiger charge is -2.34. The lowest BCUT2D eigenvalue weighted by atomic mass is 9.73. The summed E-state index contributed by atoms with van der Waals surface area (Å²) in [6, 6.07) is 0. The summed E-state index contributed by atoms with van der Waals surface area (Å²) in [6.07, 6.45) is 5.99. The second-order valence-electron chi connectivity index (χ2n) is 4.93. The minimum Gasteiger partial charge on any atom is -0.355 e.